The highest BCUT2D eigenvalue weighted by Gasteiger charge is 2.11. The highest BCUT2D eigenvalue weighted by atomic mass is 79.9. The minimum absolute atomic E-state index is 0.0423. The summed E-state index contributed by atoms with van der Waals surface area (Å²) in [4.78, 5) is 0. The average molecular weight is 424 g/mol. The molecule has 0 aliphatic heterocycles. The largest absolute Gasteiger partial charge is 0.456 e. The van der Waals surface area contributed by atoms with E-state index in [9.17, 15) is 4.39 Å². The zero-order valence-corrected chi connectivity index (χ0v) is 14.2. The van der Waals surface area contributed by atoms with Crippen LogP contribution in [0.1, 0.15) is 5.56 Å². The second-order valence-electron chi connectivity index (χ2n) is 4.09. The maximum atomic E-state index is 13.5. The quantitative estimate of drug-likeness (QED) is 0.678. The Bertz CT molecular complexity index is 637. The van der Waals surface area contributed by atoms with E-state index in [4.69, 9.17) is 22.1 Å². The lowest BCUT2D eigenvalue weighted by Gasteiger charge is -2.13. The van der Waals surface area contributed by atoms with Gasteiger partial charge in [-0.15, -0.1) is 0 Å². The number of rotatable bonds is 4. The zero-order valence-electron chi connectivity index (χ0n) is 10.3. The molecule has 2 nitrogen and oxygen atoms in total. The Morgan fingerprint density at radius 3 is 2.60 bits per heavy atom. The van der Waals surface area contributed by atoms with Crippen LogP contribution < -0.4 is 10.5 Å². The first-order valence-electron chi connectivity index (χ1n) is 5.82. The van der Waals surface area contributed by atoms with E-state index in [-0.39, 0.29) is 5.02 Å². The van der Waals surface area contributed by atoms with Gasteiger partial charge in [-0.05, 0) is 52.7 Å². The van der Waals surface area contributed by atoms with Crippen molar-refractivity contribution in [2.75, 3.05) is 6.54 Å². The summed E-state index contributed by atoms with van der Waals surface area (Å²) in [5.41, 5.74) is 6.54. The van der Waals surface area contributed by atoms with Crippen LogP contribution in [0.15, 0.2) is 39.3 Å². The summed E-state index contributed by atoms with van der Waals surface area (Å²) in [6.45, 7) is 0.508. The van der Waals surface area contributed by atoms with E-state index >= 15 is 0 Å². The molecular weight excluding hydrogens is 412 g/mol. The molecule has 2 aromatic rings. The lowest BCUT2D eigenvalue weighted by molar-refractivity contribution is 0.467. The van der Waals surface area contributed by atoms with Gasteiger partial charge in [-0.3, -0.25) is 0 Å². The second-order valence-corrected chi connectivity index (χ2v) is 6.27. The summed E-state index contributed by atoms with van der Waals surface area (Å²) in [6, 6.07) is 8.37. The van der Waals surface area contributed by atoms with E-state index < -0.39 is 5.82 Å². The van der Waals surface area contributed by atoms with Gasteiger partial charge in [-0.2, -0.15) is 0 Å². The maximum absolute atomic E-state index is 13.5. The van der Waals surface area contributed by atoms with Gasteiger partial charge in [-0.25, -0.2) is 4.39 Å². The summed E-state index contributed by atoms with van der Waals surface area (Å²) in [7, 11) is 0. The number of halogens is 4. The molecule has 0 bridgehead atoms. The Labute approximate surface area is 138 Å². The Balaban J connectivity index is 2.38. The molecule has 2 rings (SSSR count). The Kier molecular flexibility index (Phi) is 5.43. The molecule has 0 heterocycles. The third kappa shape index (κ3) is 3.73. The first-order valence-corrected chi connectivity index (χ1v) is 7.78. The average Bonchev–Trinajstić information content (AvgIpc) is 2.39. The van der Waals surface area contributed by atoms with Crippen LogP contribution in [0.5, 0.6) is 11.5 Å². The van der Waals surface area contributed by atoms with Crippen molar-refractivity contribution >= 4 is 43.5 Å². The van der Waals surface area contributed by atoms with E-state index in [1.807, 2.05) is 18.2 Å². The number of hydrogen-bond acceptors (Lipinski definition) is 2. The molecule has 0 radical (unpaired) electrons. The summed E-state index contributed by atoms with van der Waals surface area (Å²) in [6.07, 6.45) is 0.677. The smallest absolute Gasteiger partial charge is 0.145 e. The molecule has 6 heteroatoms. The molecule has 106 valence electrons. The van der Waals surface area contributed by atoms with Gasteiger partial charge in [0.05, 0.1) is 9.50 Å². The normalized spacial score (nSPS) is 10.7. The first-order chi connectivity index (χ1) is 9.51. The lowest BCUT2D eigenvalue weighted by Crippen LogP contribution is -2.04. The lowest BCUT2D eigenvalue weighted by atomic mass is 10.1. The highest BCUT2D eigenvalue weighted by molar-refractivity contribution is 9.10. The van der Waals surface area contributed by atoms with Crippen molar-refractivity contribution in [2.45, 2.75) is 6.42 Å². The number of benzene rings is 2. The third-order valence-electron chi connectivity index (χ3n) is 2.64. The highest BCUT2D eigenvalue weighted by Crippen LogP contribution is 2.36. The SMILES string of the molecule is NCCc1ccc(Br)cc1Oc1cc(F)c(Cl)cc1Br. The molecule has 0 atom stereocenters. The summed E-state index contributed by atoms with van der Waals surface area (Å²) < 4.78 is 20.8. The van der Waals surface area contributed by atoms with Gasteiger partial charge in [0.15, 0.2) is 0 Å². The summed E-state index contributed by atoms with van der Waals surface area (Å²) in [5.74, 6) is 0.468. The molecule has 0 amide bonds. The van der Waals surface area contributed by atoms with Crippen LogP contribution in [-0.2, 0) is 6.42 Å². The Morgan fingerprint density at radius 1 is 1.15 bits per heavy atom. The molecule has 0 saturated heterocycles. The van der Waals surface area contributed by atoms with Crippen molar-refractivity contribution in [2.24, 2.45) is 5.73 Å². The minimum Gasteiger partial charge on any atom is -0.456 e. The van der Waals surface area contributed by atoms with E-state index in [2.05, 4.69) is 31.9 Å². The molecule has 20 heavy (non-hydrogen) atoms. The van der Waals surface area contributed by atoms with Crippen molar-refractivity contribution in [1.29, 1.82) is 0 Å². The summed E-state index contributed by atoms with van der Waals surface area (Å²) in [5, 5.41) is 0.0423. The van der Waals surface area contributed by atoms with Crippen LogP contribution >= 0.6 is 43.5 Å². The predicted octanol–water partition coefficient (Wildman–Crippen LogP) is 5.30. The molecule has 2 N–H and O–H groups in total. The van der Waals surface area contributed by atoms with E-state index in [0.29, 0.717) is 28.9 Å². The molecule has 0 fully saturated rings. The van der Waals surface area contributed by atoms with Crippen LogP contribution in [0.25, 0.3) is 0 Å². The fraction of sp³-hybridized carbons (Fsp3) is 0.143. The van der Waals surface area contributed by atoms with Crippen molar-refractivity contribution in [3.63, 3.8) is 0 Å². The molecule has 2 aromatic carbocycles. The molecular formula is C14H11Br2ClFNO. The predicted molar refractivity (Wildman–Crippen MR) is 86.1 cm³/mol. The van der Waals surface area contributed by atoms with E-state index in [1.165, 1.54) is 12.1 Å². The number of ether oxygens (including phenoxy) is 1. The fourth-order valence-electron chi connectivity index (χ4n) is 1.69. The van der Waals surface area contributed by atoms with Gasteiger partial charge in [0.1, 0.15) is 17.3 Å². The first kappa shape index (κ1) is 15.8. The Morgan fingerprint density at radius 2 is 1.90 bits per heavy atom. The minimum atomic E-state index is -0.528. The van der Waals surface area contributed by atoms with E-state index in [0.717, 1.165) is 10.0 Å². The van der Waals surface area contributed by atoms with Gasteiger partial charge in [0, 0.05) is 10.5 Å². The second kappa shape index (κ2) is 6.89. The number of hydrogen-bond donors (Lipinski definition) is 1. The molecule has 0 saturated carbocycles. The van der Waals surface area contributed by atoms with Crippen LogP contribution in [0.2, 0.25) is 5.02 Å². The zero-order chi connectivity index (χ0) is 14.7. The third-order valence-corrected chi connectivity index (χ3v) is 4.04. The van der Waals surface area contributed by atoms with Crippen molar-refractivity contribution in [3.8, 4) is 11.5 Å². The van der Waals surface area contributed by atoms with Gasteiger partial charge in [0.2, 0.25) is 0 Å². The molecule has 0 aromatic heterocycles. The molecule has 0 aliphatic rings. The van der Waals surface area contributed by atoms with Gasteiger partial charge < -0.3 is 10.5 Å². The molecule has 0 unspecified atom stereocenters. The maximum Gasteiger partial charge on any atom is 0.145 e. The van der Waals surface area contributed by atoms with E-state index in [1.54, 1.807) is 0 Å². The topological polar surface area (TPSA) is 35.2 Å². The van der Waals surface area contributed by atoms with Crippen LogP contribution in [0.3, 0.4) is 0 Å². The van der Waals surface area contributed by atoms with Crippen LogP contribution in [0, 0.1) is 5.82 Å². The van der Waals surface area contributed by atoms with Gasteiger partial charge in [0.25, 0.3) is 0 Å². The molecule has 0 aliphatic carbocycles. The van der Waals surface area contributed by atoms with Crippen molar-refractivity contribution in [3.05, 3.63) is 55.7 Å². The van der Waals surface area contributed by atoms with Crippen LogP contribution in [-0.4, -0.2) is 6.54 Å². The van der Waals surface area contributed by atoms with Gasteiger partial charge >= 0.3 is 0 Å². The summed E-state index contributed by atoms with van der Waals surface area (Å²) >= 11 is 12.4. The number of nitrogens with two attached hydrogens (primary N) is 1. The van der Waals surface area contributed by atoms with Crippen molar-refractivity contribution in [1.82, 2.24) is 0 Å². The van der Waals surface area contributed by atoms with Gasteiger partial charge in [-0.1, -0.05) is 33.6 Å². The van der Waals surface area contributed by atoms with Crippen LogP contribution in [0.4, 0.5) is 4.39 Å². The monoisotopic (exact) mass is 421 g/mol. The van der Waals surface area contributed by atoms with Crippen molar-refractivity contribution < 1.29 is 9.13 Å². The Hall–Kier alpha value is -0.620. The molecule has 0 spiro atoms. The standard InChI is InChI=1S/C14H11Br2ClFNO/c15-9-2-1-8(3-4-19)13(5-9)20-14-7-12(18)11(17)6-10(14)16/h1-2,5-7H,3-4,19H2. The fourth-order valence-corrected chi connectivity index (χ4v) is 2.75.